The lowest BCUT2D eigenvalue weighted by Gasteiger charge is -2.20. The highest BCUT2D eigenvalue weighted by Gasteiger charge is 2.17. The summed E-state index contributed by atoms with van der Waals surface area (Å²) < 4.78 is 31.8. The topological polar surface area (TPSA) is 55.6 Å². The number of nitrogens with two attached hydrogens (primary N) is 1. The number of hydrogen-bond acceptors (Lipinski definition) is 3. The Morgan fingerprint density at radius 1 is 1.15 bits per heavy atom. The first-order valence-corrected chi connectivity index (χ1v) is 6.73. The van der Waals surface area contributed by atoms with Gasteiger partial charge in [0.15, 0.2) is 18.2 Å². The van der Waals surface area contributed by atoms with Crippen molar-refractivity contribution < 1.29 is 18.3 Å². The highest BCUT2D eigenvalue weighted by atomic mass is 19.1. The molecule has 0 spiro atoms. The quantitative estimate of drug-likeness (QED) is 0.867. The summed E-state index contributed by atoms with van der Waals surface area (Å²) in [4.78, 5) is 13.7. The van der Waals surface area contributed by atoms with Crippen LogP contribution in [0.3, 0.4) is 0 Å². The first kappa shape index (κ1) is 14.6. The summed E-state index contributed by atoms with van der Waals surface area (Å²) in [5.74, 6) is -2.03. The fourth-order valence-electron chi connectivity index (χ4n) is 2.21. The Labute approximate surface area is 116 Å². The zero-order chi connectivity index (χ0) is 14.5. The molecule has 2 rings (SSSR count). The zero-order valence-corrected chi connectivity index (χ0v) is 11.2. The van der Waals surface area contributed by atoms with Gasteiger partial charge in [-0.15, -0.1) is 0 Å². The Hall–Kier alpha value is -1.85. The zero-order valence-electron chi connectivity index (χ0n) is 11.2. The van der Waals surface area contributed by atoms with E-state index in [0.29, 0.717) is 13.1 Å². The first-order chi connectivity index (χ1) is 9.58. The standard InChI is InChI=1S/C14H18F2N2O2/c15-10-8-13(11(16)7-12(10)17)20-9-14(19)18-5-3-1-2-4-6-18/h7-8H,1-6,9,17H2. The molecular weight excluding hydrogens is 266 g/mol. The summed E-state index contributed by atoms with van der Waals surface area (Å²) in [6.45, 7) is 1.10. The minimum absolute atomic E-state index is 0.205. The van der Waals surface area contributed by atoms with Crippen molar-refractivity contribution in [1.82, 2.24) is 4.90 Å². The van der Waals surface area contributed by atoms with Crippen molar-refractivity contribution in [2.45, 2.75) is 25.7 Å². The molecule has 1 aliphatic heterocycles. The second-order valence-corrected chi connectivity index (χ2v) is 4.89. The van der Waals surface area contributed by atoms with Crippen molar-refractivity contribution in [2.75, 3.05) is 25.4 Å². The summed E-state index contributed by atoms with van der Waals surface area (Å²) in [6.07, 6.45) is 4.16. The monoisotopic (exact) mass is 284 g/mol. The van der Waals surface area contributed by atoms with E-state index in [1.165, 1.54) is 0 Å². The van der Waals surface area contributed by atoms with Crippen molar-refractivity contribution in [3.05, 3.63) is 23.8 Å². The number of hydrogen-bond donors (Lipinski definition) is 1. The largest absolute Gasteiger partial charge is 0.481 e. The van der Waals surface area contributed by atoms with Crippen LogP contribution >= 0.6 is 0 Å². The van der Waals surface area contributed by atoms with Gasteiger partial charge in [0.2, 0.25) is 0 Å². The van der Waals surface area contributed by atoms with Gasteiger partial charge in [-0.1, -0.05) is 12.8 Å². The number of ether oxygens (including phenoxy) is 1. The van der Waals surface area contributed by atoms with E-state index >= 15 is 0 Å². The lowest BCUT2D eigenvalue weighted by Crippen LogP contribution is -2.35. The molecule has 6 heteroatoms. The lowest BCUT2D eigenvalue weighted by molar-refractivity contribution is -0.133. The molecule has 1 amide bonds. The fraction of sp³-hybridized carbons (Fsp3) is 0.500. The summed E-state index contributed by atoms with van der Waals surface area (Å²) in [6, 6.07) is 1.71. The minimum atomic E-state index is -0.771. The van der Waals surface area contributed by atoms with Crippen LogP contribution in [-0.2, 0) is 4.79 Å². The van der Waals surface area contributed by atoms with Gasteiger partial charge < -0.3 is 15.4 Å². The average molecular weight is 284 g/mol. The van der Waals surface area contributed by atoms with Gasteiger partial charge in [0, 0.05) is 25.2 Å². The third-order valence-corrected chi connectivity index (χ3v) is 3.36. The molecule has 2 N–H and O–H groups in total. The van der Waals surface area contributed by atoms with Crippen molar-refractivity contribution in [3.8, 4) is 5.75 Å². The number of carbonyl (C=O) groups is 1. The third kappa shape index (κ3) is 3.59. The molecule has 1 fully saturated rings. The van der Waals surface area contributed by atoms with E-state index in [4.69, 9.17) is 10.5 Å². The van der Waals surface area contributed by atoms with Gasteiger partial charge >= 0.3 is 0 Å². The highest BCUT2D eigenvalue weighted by Crippen LogP contribution is 2.23. The van der Waals surface area contributed by atoms with Crippen LogP contribution in [0.5, 0.6) is 5.75 Å². The molecule has 1 aromatic carbocycles. The van der Waals surface area contributed by atoms with E-state index in [2.05, 4.69) is 0 Å². The van der Waals surface area contributed by atoms with Gasteiger partial charge in [0.1, 0.15) is 5.82 Å². The number of nitrogens with zero attached hydrogens (tertiary/aromatic N) is 1. The molecule has 0 atom stereocenters. The van der Waals surface area contributed by atoms with Gasteiger partial charge in [-0.3, -0.25) is 4.79 Å². The molecule has 0 radical (unpaired) electrons. The van der Waals surface area contributed by atoms with Gasteiger partial charge in [-0.25, -0.2) is 8.78 Å². The Morgan fingerprint density at radius 3 is 2.45 bits per heavy atom. The molecule has 1 heterocycles. The molecule has 0 unspecified atom stereocenters. The predicted octanol–water partition coefficient (Wildman–Crippen LogP) is 2.33. The summed E-state index contributed by atoms with van der Waals surface area (Å²) in [5, 5.41) is 0. The van der Waals surface area contributed by atoms with E-state index in [-0.39, 0.29) is 24.0 Å². The van der Waals surface area contributed by atoms with Gasteiger partial charge in [0.25, 0.3) is 5.91 Å². The smallest absolute Gasteiger partial charge is 0.260 e. The molecule has 0 bridgehead atoms. The highest BCUT2D eigenvalue weighted by molar-refractivity contribution is 5.77. The van der Waals surface area contributed by atoms with E-state index in [1.807, 2.05) is 0 Å². The van der Waals surface area contributed by atoms with Crippen LogP contribution in [0.4, 0.5) is 14.5 Å². The van der Waals surface area contributed by atoms with Gasteiger partial charge in [-0.2, -0.15) is 0 Å². The number of benzene rings is 1. The second-order valence-electron chi connectivity index (χ2n) is 4.89. The summed E-state index contributed by atoms with van der Waals surface area (Å²) >= 11 is 0. The second kappa shape index (κ2) is 6.54. The molecule has 0 saturated carbocycles. The Morgan fingerprint density at radius 2 is 1.80 bits per heavy atom. The van der Waals surface area contributed by atoms with Crippen LogP contribution in [0.25, 0.3) is 0 Å². The number of nitrogen functional groups attached to an aromatic ring is 1. The van der Waals surface area contributed by atoms with Crippen LogP contribution in [-0.4, -0.2) is 30.5 Å². The molecule has 0 aromatic heterocycles. The van der Waals surface area contributed by atoms with E-state index < -0.39 is 11.6 Å². The number of halogens is 2. The van der Waals surface area contributed by atoms with Crippen LogP contribution in [0.2, 0.25) is 0 Å². The lowest BCUT2D eigenvalue weighted by atomic mass is 10.2. The summed E-state index contributed by atoms with van der Waals surface area (Å²) in [5.41, 5.74) is 4.95. The molecule has 1 aliphatic rings. The number of anilines is 1. The Kier molecular flexibility index (Phi) is 4.76. The van der Waals surface area contributed by atoms with Crippen LogP contribution < -0.4 is 10.5 Å². The van der Waals surface area contributed by atoms with Crippen LogP contribution in [0, 0.1) is 11.6 Å². The molecule has 1 saturated heterocycles. The average Bonchev–Trinajstić information content (AvgIpc) is 2.70. The maximum atomic E-state index is 13.5. The Balaban J connectivity index is 1.94. The molecule has 0 aliphatic carbocycles. The van der Waals surface area contributed by atoms with Gasteiger partial charge in [-0.05, 0) is 12.8 Å². The van der Waals surface area contributed by atoms with Gasteiger partial charge in [0.05, 0.1) is 5.69 Å². The maximum Gasteiger partial charge on any atom is 0.260 e. The van der Waals surface area contributed by atoms with Crippen LogP contribution in [0.1, 0.15) is 25.7 Å². The number of rotatable bonds is 3. The first-order valence-electron chi connectivity index (χ1n) is 6.73. The van der Waals surface area contributed by atoms with E-state index in [1.54, 1.807) is 4.90 Å². The molecule has 1 aromatic rings. The van der Waals surface area contributed by atoms with Crippen molar-refractivity contribution in [3.63, 3.8) is 0 Å². The Bertz CT molecular complexity index is 486. The fourth-order valence-corrected chi connectivity index (χ4v) is 2.21. The van der Waals surface area contributed by atoms with Crippen molar-refractivity contribution in [1.29, 1.82) is 0 Å². The molecule has 20 heavy (non-hydrogen) atoms. The van der Waals surface area contributed by atoms with Crippen molar-refractivity contribution in [2.24, 2.45) is 0 Å². The molecule has 110 valence electrons. The van der Waals surface area contributed by atoms with E-state index in [9.17, 15) is 13.6 Å². The van der Waals surface area contributed by atoms with Crippen LogP contribution in [0.15, 0.2) is 12.1 Å². The number of likely N-dealkylation sites (tertiary alicyclic amines) is 1. The normalized spacial score (nSPS) is 15.8. The third-order valence-electron chi connectivity index (χ3n) is 3.36. The number of carbonyl (C=O) groups excluding carboxylic acids is 1. The summed E-state index contributed by atoms with van der Waals surface area (Å²) in [7, 11) is 0. The molecular formula is C14H18F2N2O2. The van der Waals surface area contributed by atoms with E-state index in [0.717, 1.165) is 37.8 Å². The minimum Gasteiger partial charge on any atom is -0.481 e. The predicted molar refractivity (Wildman–Crippen MR) is 71.3 cm³/mol. The molecule has 4 nitrogen and oxygen atoms in total. The SMILES string of the molecule is Nc1cc(F)c(OCC(=O)N2CCCCCC2)cc1F. The number of amides is 1. The maximum absolute atomic E-state index is 13.5. The van der Waals surface area contributed by atoms with Crippen molar-refractivity contribution >= 4 is 11.6 Å².